The van der Waals surface area contributed by atoms with E-state index in [9.17, 15) is 0 Å². The minimum absolute atomic E-state index is 0.498. The molecule has 1 heterocycles. The Hall–Kier alpha value is -0.890. The number of nitrogens with zero attached hydrogens (tertiary/aromatic N) is 1. The summed E-state index contributed by atoms with van der Waals surface area (Å²) in [6.07, 6.45) is 7.37. The summed E-state index contributed by atoms with van der Waals surface area (Å²) in [5.74, 6) is 0. The Morgan fingerprint density at radius 3 is 2.73 bits per heavy atom. The molecule has 2 nitrogen and oxygen atoms in total. The third-order valence-electron chi connectivity index (χ3n) is 2.73. The Labute approximate surface area is 93.1 Å². The van der Waals surface area contributed by atoms with Crippen molar-refractivity contribution in [3.8, 4) is 0 Å². The maximum absolute atomic E-state index is 4.19. The molecule has 1 aromatic heterocycles. The van der Waals surface area contributed by atoms with Crippen molar-refractivity contribution >= 4 is 0 Å². The number of rotatable bonds is 6. The Bertz CT molecular complexity index is 278. The van der Waals surface area contributed by atoms with Crippen LogP contribution in [0.15, 0.2) is 18.5 Å². The Kier molecular flexibility index (Phi) is 5.33. The minimum Gasteiger partial charge on any atom is -0.310 e. The van der Waals surface area contributed by atoms with Crippen molar-refractivity contribution in [3.63, 3.8) is 0 Å². The van der Waals surface area contributed by atoms with Gasteiger partial charge in [0.2, 0.25) is 0 Å². The van der Waals surface area contributed by atoms with Gasteiger partial charge in [-0.25, -0.2) is 0 Å². The number of aromatic nitrogens is 1. The highest BCUT2D eigenvalue weighted by atomic mass is 14.9. The zero-order chi connectivity index (χ0) is 11.1. The number of nitrogens with one attached hydrogen (secondary N) is 1. The van der Waals surface area contributed by atoms with Gasteiger partial charge in [-0.1, -0.05) is 27.2 Å². The van der Waals surface area contributed by atoms with Crippen molar-refractivity contribution in [3.05, 3.63) is 29.6 Å². The average Bonchev–Trinajstić information content (AvgIpc) is 2.29. The maximum Gasteiger partial charge on any atom is 0.0323 e. The van der Waals surface area contributed by atoms with Crippen LogP contribution in [0.5, 0.6) is 0 Å². The van der Waals surface area contributed by atoms with E-state index in [1.807, 2.05) is 12.4 Å². The van der Waals surface area contributed by atoms with E-state index < -0.39 is 0 Å². The second-order valence-electron chi connectivity index (χ2n) is 3.83. The number of hydrogen-bond acceptors (Lipinski definition) is 2. The fraction of sp³-hybridized carbons (Fsp3) is 0.615. The van der Waals surface area contributed by atoms with Gasteiger partial charge in [-0.3, -0.25) is 4.98 Å². The molecule has 0 amide bonds. The topological polar surface area (TPSA) is 24.9 Å². The summed E-state index contributed by atoms with van der Waals surface area (Å²) in [5.41, 5.74) is 2.80. The molecule has 0 bridgehead atoms. The van der Waals surface area contributed by atoms with Crippen LogP contribution in [0.1, 0.15) is 50.8 Å². The van der Waals surface area contributed by atoms with Crippen molar-refractivity contribution in [2.75, 3.05) is 6.54 Å². The second-order valence-corrected chi connectivity index (χ2v) is 3.83. The highest BCUT2D eigenvalue weighted by Gasteiger charge is 2.12. The molecular weight excluding hydrogens is 184 g/mol. The lowest BCUT2D eigenvalue weighted by Gasteiger charge is -2.20. The van der Waals surface area contributed by atoms with E-state index in [-0.39, 0.29) is 0 Å². The summed E-state index contributed by atoms with van der Waals surface area (Å²) < 4.78 is 0. The predicted octanol–water partition coefficient (Wildman–Crippen LogP) is 3.09. The van der Waals surface area contributed by atoms with E-state index in [1.54, 1.807) is 0 Å². The van der Waals surface area contributed by atoms with Gasteiger partial charge in [-0.05, 0) is 36.6 Å². The SMILES string of the molecule is CCCC(NCC)c1ccncc1CC. The normalized spacial score (nSPS) is 12.7. The van der Waals surface area contributed by atoms with Crippen LogP contribution in [-0.4, -0.2) is 11.5 Å². The van der Waals surface area contributed by atoms with E-state index >= 15 is 0 Å². The highest BCUT2D eigenvalue weighted by Crippen LogP contribution is 2.21. The molecular formula is C13H22N2. The Morgan fingerprint density at radius 2 is 2.13 bits per heavy atom. The Morgan fingerprint density at radius 1 is 1.33 bits per heavy atom. The smallest absolute Gasteiger partial charge is 0.0323 e. The summed E-state index contributed by atoms with van der Waals surface area (Å²) >= 11 is 0. The quantitative estimate of drug-likeness (QED) is 0.773. The second kappa shape index (κ2) is 6.57. The van der Waals surface area contributed by atoms with Crippen LogP contribution >= 0.6 is 0 Å². The first-order chi connectivity index (χ1) is 7.33. The molecule has 15 heavy (non-hydrogen) atoms. The first-order valence-corrected chi connectivity index (χ1v) is 5.99. The van der Waals surface area contributed by atoms with Crippen molar-refractivity contribution in [2.24, 2.45) is 0 Å². The summed E-state index contributed by atoms with van der Waals surface area (Å²) in [7, 11) is 0. The van der Waals surface area contributed by atoms with E-state index in [0.717, 1.165) is 13.0 Å². The van der Waals surface area contributed by atoms with Gasteiger partial charge < -0.3 is 5.32 Å². The molecule has 1 N–H and O–H groups in total. The number of aryl methyl sites for hydroxylation is 1. The molecule has 0 aliphatic rings. The molecule has 1 rings (SSSR count). The predicted molar refractivity (Wildman–Crippen MR) is 64.9 cm³/mol. The zero-order valence-corrected chi connectivity index (χ0v) is 10.1. The molecule has 0 spiro atoms. The molecule has 0 saturated carbocycles. The molecule has 0 fully saturated rings. The van der Waals surface area contributed by atoms with Crippen LogP contribution in [0.25, 0.3) is 0 Å². The van der Waals surface area contributed by atoms with Crippen molar-refractivity contribution in [1.82, 2.24) is 10.3 Å². The first-order valence-electron chi connectivity index (χ1n) is 5.99. The van der Waals surface area contributed by atoms with Crippen molar-refractivity contribution in [2.45, 2.75) is 46.1 Å². The van der Waals surface area contributed by atoms with Crippen molar-refractivity contribution < 1.29 is 0 Å². The average molecular weight is 206 g/mol. The summed E-state index contributed by atoms with van der Waals surface area (Å²) in [4.78, 5) is 4.19. The fourth-order valence-corrected chi connectivity index (χ4v) is 1.98. The fourth-order valence-electron chi connectivity index (χ4n) is 1.98. The van der Waals surface area contributed by atoms with Gasteiger partial charge in [0.1, 0.15) is 0 Å². The summed E-state index contributed by atoms with van der Waals surface area (Å²) in [5, 5.41) is 3.55. The van der Waals surface area contributed by atoms with Crippen LogP contribution in [-0.2, 0) is 6.42 Å². The molecule has 2 heteroatoms. The van der Waals surface area contributed by atoms with Crippen LogP contribution < -0.4 is 5.32 Å². The molecule has 1 atom stereocenters. The molecule has 84 valence electrons. The molecule has 1 unspecified atom stereocenters. The van der Waals surface area contributed by atoms with Crippen LogP contribution in [0.4, 0.5) is 0 Å². The lowest BCUT2D eigenvalue weighted by atomic mass is 9.97. The van der Waals surface area contributed by atoms with Gasteiger partial charge in [-0.15, -0.1) is 0 Å². The number of hydrogen-bond donors (Lipinski definition) is 1. The molecule has 0 aliphatic carbocycles. The highest BCUT2D eigenvalue weighted by molar-refractivity contribution is 5.26. The lowest BCUT2D eigenvalue weighted by Crippen LogP contribution is -2.21. The van der Waals surface area contributed by atoms with Gasteiger partial charge in [0.05, 0.1) is 0 Å². The van der Waals surface area contributed by atoms with Crippen molar-refractivity contribution in [1.29, 1.82) is 0 Å². The first kappa shape index (κ1) is 12.2. The molecule has 0 saturated heterocycles. The number of pyridine rings is 1. The third-order valence-corrected chi connectivity index (χ3v) is 2.73. The van der Waals surface area contributed by atoms with Crippen LogP contribution in [0.2, 0.25) is 0 Å². The summed E-state index contributed by atoms with van der Waals surface area (Å²) in [6, 6.07) is 2.65. The molecule has 1 aromatic rings. The maximum atomic E-state index is 4.19. The largest absolute Gasteiger partial charge is 0.310 e. The zero-order valence-electron chi connectivity index (χ0n) is 10.1. The van der Waals surface area contributed by atoms with Gasteiger partial charge >= 0.3 is 0 Å². The minimum atomic E-state index is 0.498. The van der Waals surface area contributed by atoms with E-state index in [2.05, 4.69) is 37.1 Å². The van der Waals surface area contributed by atoms with Crippen LogP contribution in [0.3, 0.4) is 0 Å². The molecule has 0 aromatic carbocycles. The lowest BCUT2D eigenvalue weighted by molar-refractivity contribution is 0.505. The third kappa shape index (κ3) is 3.31. The van der Waals surface area contributed by atoms with Gasteiger partial charge in [0, 0.05) is 18.4 Å². The Balaban J connectivity index is 2.88. The van der Waals surface area contributed by atoms with E-state index in [0.29, 0.717) is 6.04 Å². The van der Waals surface area contributed by atoms with E-state index in [1.165, 1.54) is 24.0 Å². The molecule has 0 radical (unpaired) electrons. The standard InChI is InChI=1S/C13H22N2/c1-4-7-13(15-6-3)12-8-9-14-10-11(12)5-2/h8-10,13,15H,4-7H2,1-3H3. The van der Waals surface area contributed by atoms with Gasteiger partial charge in [-0.2, -0.15) is 0 Å². The summed E-state index contributed by atoms with van der Waals surface area (Å²) in [6.45, 7) is 7.61. The monoisotopic (exact) mass is 206 g/mol. The van der Waals surface area contributed by atoms with E-state index in [4.69, 9.17) is 0 Å². The van der Waals surface area contributed by atoms with Gasteiger partial charge in [0.15, 0.2) is 0 Å². The van der Waals surface area contributed by atoms with Gasteiger partial charge in [0.25, 0.3) is 0 Å². The molecule has 0 aliphatic heterocycles. The van der Waals surface area contributed by atoms with Crippen LogP contribution in [0, 0.1) is 0 Å².